The lowest BCUT2D eigenvalue weighted by Crippen LogP contribution is -2.34. The van der Waals surface area contributed by atoms with Crippen LogP contribution in [-0.4, -0.2) is 24.5 Å². The summed E-state index contributed by atoms with van der Waals surface area (Å²) in [5.41, 5.74) is 1.03. The molecule has 2 aromatic carbocycles. The zero-order valence-corrected chi connectivity index (χ0v) is 14.0. The summed E-state index contributed by atoms with van der Waals surface area (Å²) in [4.78, 5) is 23.9. The Hall–Kier alpha value is -3.02. The minimum Gasteiger partial charge on any atom is -0.494 e. The first-order chi connectivity index (χ1) is 12.1. The van der Waals surface area contributed by atoms with E-state index in [2.05, 4.69) is 10.6 Å². The van der Waals surface area contributed by atoms with Crippen molar-refractivity contribution in [3.8, 4) is 11.5 Å². The highest BCUT2D eigenvalue weighted by Gasteiger charge is 2.25. The molecule has 6 heteroatoms. The van der Waals surface area contributed by atoms with Crippen LogP contribution in [-0.2, 0) is 9.59 Å². The Bertz CT molecular complexity index is 761. The number of anilines is 2. The number of carbonyl (C=O) groups excluding carboxylic acids is 2. The number of ether oxygens (including phenoxy) is 2. The number of fused-ring (bicyclic) bond motifs is 1. The Labute approximate surface area is 146 Å². The third-order valence-corrected chi connectivity index (χ3v) is 3.78. The summed E-state index contributed by atoms with van der Waals surface area (Å²) in [6, 6.07) is 14.7. The first kappa shape index (κ1) is 16.8. The van der Waals surface area contributed by atoms with Crippen molar-refractivity contribution >= 4 is 23.2 Å². The lowest BCUT2D eigenvalue weighted by molar-refractivity contribution is -0.122. The van der Waals surface area contributed by atoms with E-state index in [1.807, 2.05) is 30.3 Å². The molecule has 2 N–H and O–H groups in total. The summed E-state index contributed by atoms with van der Waals surface area (Å²) in [7, 11) is 0. The van der Waals surface area contributed by atoms with Gasteiger partial charge in [0, 0.05) is 6.42 Å². The van der Waals surface area contributed by atoms with Crippen molar-refractivity contribution < 1.29 is 19.1 Å². The van der Waals surface area contributed by atoms with E-state index in [-0.39, 0.29) is 11.8 Å². The van der Waals surface area contributed by atoms with Crippen LogP contribution in [0.15, 0.2) is 48.5 Å². The fourth-order valence-electron chi connectivity index (χ4n) is 2.48. The molecule has 1 unspecified atom stereocenters. The third kappa shape index (κ3) is 4.29. The van der Waals surface area contributed by atoms with Crippen molar-refractivity contribution in [1.82, 2.24) is 0 Å². The molecule has 3 rings (SSSR count). The average molecular weight is 340 g/mol. The molecule has 0 fully saturated rings. The van der Waals surface area contributed by atoms with Crippen LogP contribution in [0.3, 0.4) is 0 Å². The number of carbonyl (C=O) groups is 2. The summed E-state index contributed by atoms with van der Waals surface area (Å²) in [6.45, 7) is 2.14. The van der Waals surface area contributed by atoms with Gasteiger partial charge in [0.05, 0.1) is 12.3 Å². The van der Waals surface area contributed by atoms with E-state index < -0.39 is 6.10 Å². The van der Waals surface area contributed by atoms with Gasteiger partial charge in [0.1, 0.15) is 17.2 Å². The van der Waals surface area contributed by atoms with E-state index in [0.29, 0.717) is 36.6 Å². The van der Waals surface area contributed by atoms with Gasteiger partial charge in [0.15, 0.2) is 6.10 Å². The third-order valence-electron chi connectivity index (χ3n) is 3.78. The number of amides is 2. The SMILES string of the molecule is CC1Oc2cccc(NC(=O)CCCOc3ccccc3)c2NC1=O. The minimum absolute atomic E-state index is 0.141. The maximum Gasteiger partial charge on any atom is 0.265 e. The lowest BCUT2D eigenvalue weighted by Gasteiger charge is -2.25. The molecule has 25 heavy (non-hydrogen) atoms. The molecule has 0 radical (unpaired) electrons. The van der Waals surface area contributed by atoms with E-state index in [1.54, 1.807) is 25.1 Å². The molecule has 2 amide bonds. The number of hydrogen-bond acceptors (Lipinski definition) is 4. The predicted molar refractivity (Wildman–Crippen MR) is 95.0 cm³/mol. The van der Waals surface area contributed by atoms with Crippen LogP contribution >= 0.6 is 0 Å². The van der Waals surface area contributed by atoms with Crippen LogP contribution < -0.4 is 20.1 Å². The van der Waals surface area contributed by atoms with Gasteiger partial charge in [-0.15, -0.1) is 0 Å². The van der Waals surface area contributed by atoms with Crippen molar-refractivity contribution in [3.05, 3.63) is 48.5 Å². The zero-order valence-electron chi connectivity index (χ0n) is 14.0. The minimum atomic E-state index is -0.548. The Balaban J connectivity index is 1.52. The number of benzene rings is 2. The van der Waals surface area contributed by atoms with Gasteiger partial charge in [-0.05, 0) is 37.6 Å². The van der Waals surface area contributed by atoms with Crippen molar-refractivity contribution in [2.75, 3.05) is 17.2 Å². The van der Waals surface area contributed by atoms with Crippen LogP contribution in [0.4, 0.5) is 11.4 Å². The van der Waals surface area contributed by atoms with Gasteiger partial charge in [-0.1, -0.05) is 24.3 Å². The molecule has 0 spiro atoms. The van der Waals surface area contributed by atoms with Gasteiger partial charge < -0.3 is 20.1 Å². The van der Waals surface area contributed by atoms with Crippen LogP contribution in [0.2, 0.25) is 0 Å². The summed E-state index contributed by atoms with van der Waals surface area (Å²) in [5, 5.41) is 5.58. The molecule has 0 aromatic heterocycles. The van der Waals surface area contributed by atoms with Crippen LogP contribution in [0.5, 0.6) is 11.5 Å². The zero-order chi connectivity index (χ0) is 17.6. The molecule has 1 aliphatic heterocycles. The van der Waals surface area contributed by atoms with Gasteiger partial charge in [-0.25, -0.2) is 0 Å². The van der Waals surface area contributed by atoms with Crippen molar-refractivity contribution in [3.63, 3.8) is 0 Å². The van der Waals surface area contributed by atoms with E-state index in [4.69, 9.17) is 9.47 Å². The Morgan fingerprint density at radius 1 is 1.20 bits per heavy atom. The van der Waals surface area contributed by atoms with Crippen LogP contribution in [0.25, 0.3) is 0 Å². The smallest absolute Gasteiger partial charge is 0.265 e. The second kappa shape index (κ2) is 7.70. The van der Waals surface area contributed by atoms with E-state index in [9.17, 15) is 9.59 Å². The van der Waals surface area contributed by atoms with Crippen LogP contribution in [0.1, 0.15) is 19.8 Å². The largest absolute Gasteiger partial charge is 0.494 e. The molecule has 0 saturated heterocycles. The van der Waals surface area contributed by atoms with Gasteiger partial charge in [-0.3, -0.25) is 9.59 Å². The highest BCUT2D eigenvalue weighted by Crippen LogP contribution is 2.36. The maximum atomic E-state index is 12.1. The Morgan fingerprint density at radius 3 is 2.80 bits per heavy atom. The van der Waals surface area contributed by atoms with E-state index in [1.165, 1.54) is 0 Å². The quantitative estimate of drug-likeness (QED) is 0.792. The highest BCUT2D eigenvalue weighted by atomic mass is 16.5. The van der Waals surface area contributed by atoms with Crippen molar-refractivity contribution in [1.29, 1.82) is 0 Å². The fourth-order valence-corrected chi connectivity index (χ4v) is 2.48. The van der Waals surface area contributed by atoms with E-state index >= 15 is 0 Å². The van der Waals surface area contributed by atoms with Gasteiger partial charge in [0.25, 0.3) is 5.91 Å². The first-order valence-electron chi connectivity index (χ1n) is 8.22. The molecule has 0 aliphatic carbocycles. The second-order valence-corrected chi connectivity index (χ2v) is 5.74. The molecule has 130 valence electrons. The normalized spacial score (nSPS) is 15.6. The molecule has 6 nitrogen and oxygen atoms in total. The standard InChI is InChI=1S/C19H20N2O4/c1-13-19(23)21-18-15(9-5-10-16(18)25-13)20-17(22)11-6-12-24-14-7-3-2-4-8-14/h2-5,7-10,13H,6,11-12H2,1H3,(H,20,22)(H,21,23). The fraction of sp³-hybridized carbons (Fsp3) is 0.263. The van der Waals surface area contributed by atoms with Crippen molar-refractivity contribution in [2.24, 2.45) is 0 Å². The molecular formula is C19H20N2O4. The molecular weight excluding hydrogens is 320 g/mol. The number of para-hydroxylation sites is 2. The Morgan fingerprint density at radius 2 is 2.00 bits per heavy atom. The number of rotatable bonds is 6. The second-order valence-electron chi connectivity index (χ2n) is 5.74. The average Bonchev–Trinajstić information content (AvgIpc) is 2.61. The molecule has 1 aliphatic rings. The number of nitrogens with one attached hydrogen (secondary N) is 2. The van der Waals surface area contributed by atoms with E-state index in [0.717, 1.165) is 5.75 Å². The number of hydrogen-bond donors (Lipinski definition) is 2. The van der Waals surface area contributed by atoms with Crippen LogP contribution in [0, 0.1) is 0 Å². The van der Waals surface area contributed by atoms with Gasteiger partial charge in [-0.2, -0.15) is 0 Å². The summed E-state index contributed by atoms with van der Waals surface area (Å²) in [5.74, 6) is 0.967. The molecule has 1 atom stereocenters. The maximum absolute atomic E-state index is 12.1. The summed E-state index contributed by atoms with van der Waals surface area (Å²) < 4.78 is 11.1. The molecule has 0 bridgehead atoms. The van der Waals surface area contributed by atoms with Crippen molar-refractivity contribution in [2.45, 2.75) is 25.9 Å². The van der Waals surface area contributed by atoms with Gasteiger partial charge in [0.2, 0.25) is 5.91 Å². The molecule has 2 aromatic rings. The lowest BCUT2D eigenvalue weighted by atomic mass is 10.2. The predicted octanol–water partition coefficient (Wildman–Crippen LogP) is 3.20. The first-order valence-corrected chi connectivity index (χ1v) is 8.22. The highest BCUT2D eigenvalue weighted by molar-refractivity contribution is 6.04. The summed E-state index contributed by atoms with van der Waals surface area (Å²) in [6.07, 6.45) is 0.366. The molecule has 0 saturated carbocycles. The summed E-state index contributed by atoms with van der Waals surface area (Å²) >= 11 is 0. The monoisotopic (exact) mass is 340 g/mol. The molecule has 1 heterocycles. The van der Waals surface area contributed by atoms with Gasteiger partial charge >= 0.3 is 0 Å². The topological polar surface area (TPSA) is 76.7 Å². The Kier molecular flexibility index (Phi) is 5.18.